The van der Waals surface area contributed by atoms with E-state index in [2.05, 4.69) is 0 Å². The van der Waals surface area contributed by atoms with Gasteiger partial charge in [0.25, 0.3) is 5.69 Å². The van der Waals surface area contributed by atoms with Gasteiger partial charge in [-0.05, 0) is 25.0 Å². The number of anilines is 1. The Morgan fingerprint density at radius 1 is 1.32 bits per heavy atom. The molecule has 1 fully saturated rings. The SMILES string of the molecule is CCN(CC(C)C)c1ccc(S(=O)(=O)N2CCOCC2)cc1[N+](=O)[O-]. The minimum Gasteiger partial charge on any atom is -0.379 e. The maximum Gasteiger partial charge on any atom is 0.293 e. The fraction of sp³-hybridized carbons (Fsp3) is 0.625. The van der Waals surface area contributed by atoms with Gasteiger partial charge in [0.15, 0.2) is 0 Å². The predicted molar refractivity (Wildman–Crippen MR) is 95.4 cm³/mol. The summed E-state index contributed by atoms with van der Waals surface area (Å²) < 4.78 is 31.9. The van der Waals surface area contributed by atoms with E-state index in [0.29, 0.717) is 37.9 Å². The van der Waals surface area contributed by atoms with Crippen molar-refractivity contribution in [1.29, 1.82) is 0 Å². The van der Waals surface area contributed by atoms with Gasteiger partial charge in [0.05, 0.1) is 23.0 Å². The summed E-state index contributed by atoms with van der Waals surface area (Å²) in [4.78, 5) is 12.9. The molecule has 1 aliphatic heterocycles. The number of nitrogens with zero attached hydrogens (tertiary/aromatic N) is 3. The molecule has 0 bridgehead atoms. The molecule has 25 heavy (non-hydrogen) atoms. The number of nitro groups is 1. The van der Waals surface area contributed by atoms with Gasteiger partial charge >= 0.3 is 0 Å². The highest BCUT2D eigenvalue weighted by Gasteiger charge is 2.29. The molecule has 9 heteroatoms. The first kappa shape index (κ1) is 19.6. The van der Waals surface area contributed by atoms with Gasteiger partial charge in [-0.15, -0.1) is 0 Å². The van der Waals surface area contributed by atoms with Crippen LogP contribution in [0.15, 0.2) is 23.1 Å². The van der Waals surface area contributed by atoms with Gasteiger partial charge in [0, 0.05) is 32.2 Å². The normalized spacial score (nSPS) is 16.2. The van der Waals surface area contributed by atoms with E-state index in [1.807, 2.05) is 25.7 Å². The third-order valence-corrected chi connectivity index (χ3v) is 5.95. The zero-order valence-corrected chi connectivity index (χ0v) is 15.7. The minimum atomic E-state index is -3.76. The van der Waals surface area contributed by atoms with E-state index in [9.17, 15) is 18.5 Å². The summed E-state index contributed by atoms with van der Waals surface area (Å²) in [6.45, 7) is 8.43. The van der Waals surface area contributed by atoms with Crippen LogP contribution in [0.1, 0.15) is 20.8 Å². The fourth-order valence-corrected chi connectivity index (χ4v) is 4.28. The Kier molecular flexibility index (Phi) is 6.36. The molecule has 0 aliphatic carbocycles. The number of morpholine rings is 1. The molecule has 0 N–H and O–H groups in total. The Morgan fingerprint density at radius 3 is 2.48 bits per heavy atom. The van der Waals surface area contributed by atoms with E-state index in [1.54, 1.807) is 0 Å². The Hall–Kier alpha value is -1.71. The average molecular weight is 371 g/mol. The molecule has 8 nitrogen and oxygen atoms in total. The molecule has 1 aromatic rings. The van der Waals surface area contributed by atoms with Crippen molar-refractivity contribution in [3.05, 3.63) is 28.3 Å². The Labute approximate surface area is 148 Å². The van der Waals surface area contributed by atoms with E-state index in [0.717, 1.165) is 0 Å². The maximum atomic E-state index is 12.7. The highest BCUT2D eigenvalue weighted by Crippen LogP contribution is 2.32. The first-order valence-electron chi connectivity index (χ1n) is 8.38. The topological polar surface area (TPSA) is 93.0 Å². The molecule has 140 valence electrons. The van der Waals surface area contributed by atoms with Gasteiger partial charge in [-0.2, -0.15) is 4.31 Å². The second-order valence-electron chi connectivity index (χ2n) is 6.36. The summed E-state index contributed by atoms with van der Waals surface area (Å²) in [7, 11) is -3.76. The summed E-state index contributed by atoms with van der Waals surface area (Å²) in [6, 6.07) is 4.16. The summed E-state index contributed by atoms with van der Waals surface area (Å²) >= 11 is 0. The Morgan fingerprint density at radius 2 is 1.96 bits per heavy atom. The fourth-order valence-electron chi connectivity index (χ4n) is 2.85. The van der Waals surface area contributed by atoms with Crippen LogP contribution in [0.4, 0.5) is 11.4 Å². The molecule has 1 aromatic carbocycles. The van der Waals surface area contributed by atoms with E-state index >= 15 is 0 Å². The highest BCUT2D eigenvalue weighted by atomic mass is 32.2. The standard InChI is InChI=1S/C16H25N3O5S/c1-4-17(12-13(2)3)15-6-5-14(11-16(15)19(20)21)25(22,23)18-7-9-24-10-8-18/h5-6,11,13H,4,7-10,12H2,1-3H3. The second kappa shape index (κ2) is 8.11. The van der Waals surface area contributed by atoms with Crippen LogP contribution in [0.2, 0.25) is 0 Å². The first-order valence-corrected chi connectivity index (χ1v) is 9.82. The molecule has 0 unspecified atom stereocenters. The summed E-state index contributed by atoms with van der Waals surface area (Å²) in [5.74, 6) is 0.330. The van der Waals surface area contributed by atoms with E-state index in [-0.39, 0.29) is 23.7 Å². The van der Waals surface area contributed by atoms with Crippen molar-refractivity contribution in [3.8, 4) is 0 Å². The van der Waals surface area contributed by atoms with Gasteiger partial charge < -0.3 is 9.64 Å². The molecule has 0 radical (unpaired) electrons. The lowest BCUT2D eigenvalue weighted by Gasteiger charge is -2.27. The molecular formula is C16H25N3O5S. The van der Waals surface area contributed by atoms with Crippen LogP contribution in [0.3, 0.4) is 0 Å². The van der Waals surface area contributed by atoms with Crippen LogP contribution < -0.4 is 4.90 Å². The van der Waals surface area contributed by atoms with Crippen LogP contribution in [0.5, 0.6) is 0 Å². The molecule has 2 rings (SSSR count). The Bertz CT molecular complexity index is 714. The van der Waals surface area contributed by atoms with E-state index in [4.69, 9.17) is 4.74 Å². The smallest absolute Gasteiger partial charge is 0.293 e. The van der Waals surface area contributed by atoms with Gasteiger partial charge in [0.1, 0.15) is 5.69 Å². The summed E-state index contributed by atoms with van der Waals surface area (Å²) in [6.07, 6.45) is 0. The molecule has 1 aliphatic rings. The van der Waals surface area contributed by atoms with E-state index < -0.39 is 14.9 Å². The third-order valence-electron chi connectivity index (χ3n) is 4.06. The quantitative estimate of drug-likeness (QED) is 0.538. The number of nitro benzene ring substituents is 1. The number of benzene rings is 1. The van der Waals surface area contributed by atoms with Crippen molar-refractivity contribution in [1.82, 2.24) is 4.31 Å². The first-order chi connectivity index (χ1) is 11.8. The lowest BCUT2D eigenvalue weighted by molar-refractivity contribution is -0.384. The Balaban J connectivity index is 2.42. The molecule has 0 spiro atoms. The number of hydrogen-bond donors (Lipinski definition) is 0. The van der Waals surface area contributed by atoms with Crippen molar-refractivity contribution in [2.45, 2.75) is 25.7 Å². The zero-order valence-electron chi connectivity index (χ0n) is 14.8. The van der Waals surface area contributed by atoms with Gasteiger partial charge in [0.2, 0.25) is 10.0 Å². The monoisotopic (exact) mass is 371 g/mol. The van der Waals surface area contributed by atoms with Crippen LogP contribution in [0, 0.1) is 16.0 Å². The molecular weight excluding hydrogens is 346 g/mol. The maximum absolute atomic E-state index is 12.7. The zero-order chi connectivity index (χ0) is 18.6. The minimum absolute atomic E-state index is 0.0505. The largest absolute Gasteiger partial charge is 0.379 e. The number of hydrogen-bond acceptors (Lipinski definition) is 6. The van der Waals surface area contributed by atoms with Gasteiger partial charge in [-0.3, -0.25) is 10.1 Å². The van der Waals surface area contributed by atoms with Crippen molar-refractivity contribution in [2.75, 3.05) is 44.3 Å². The molecule has 0 aromatic heterocycles. The number of sulfonamides is 1. The molecule has 0 saturated carbocycles. The van der Waals surface area contributed by atoms with Crippen molar-refractivity contribution >= 4 is 21.4 Å². The van der Waals surface area contributed by atoms with Gasteiger partial charge in [-0.1, -0.05) is 13.8 Å². The number of rotatable bonds is 7. The molecule has 0 atom stereocenters. The average Bonchev–Trinajstić information content (AvgIpc) is 2.59. The van der Waals surface area contributed by atoms with Crippen LogP contribution in [-0.2, 0) is 14.8 Å². The summed E-state index contributed by atoms with van der Waals surface area (Å²) in [5, 5.41) is 11.5. The lowest BCUT2D eigenvalue weighted by atomic mass is 10.1. The van der Waals surface area contributed by atoms with Gasteiger partial charge in [-0.25, -0.2) is 8.42 Å². The third kappa shape index (κ3) is 4.47. The predicted octanol–water partition coefficient (Wildman–Crippen LogP) is 2.10. The molecule has 1 heterocycles. The number of ether oxygens (including phenoxy) is 1. The molecule has 1 saturated heterocycles. The highest BCUT2D eigenvalue weighted by molar-refractivity contribution is 7.89. The molecule has 0 amide bonds. The lowest BCUT2D eigenvalue weighted by Crippen LogP contribution is -2.40. The second-order valence-corrected chi connectivity index (χ2v) is 8.29. The van der Waals surface area contributed by atoms with Crippen LogP contribution >= 0.6 is 0 Å². The van der Waals surface area contributed by atoms with Crippen molar-refractivity contribution in [3.63, 3.8) is 0 Å². The summed E-state index contributed by atoms with van der Waals surface area (Å²) in [5.41, 5.74) is 0.263. The van der Waals surface area contributed by atoms with Crippen molar-refractivity contribution in [2.24, 2.45) is 5.92 Å². The van der Waals surface area contributed by atoms with Crippen molar-refractivity contribution < 1.29 is 18.1 Å². The van der Waals surface area contributed by atoms with Crippen LogP contribution in [0.25, 0.3) is 0 Å². The van der Waals surface area contributed by atoms with E-state index in [1.165, 1.54) is 22.5 Å². The van der Waals surface area contributed by atoms with Crippen LogP contribution in [-0.4, -0.2) is 57.0 Å².